The second-order valence-corrected chi connectivity index (χ2v) is 9.07. The first-order valence-corrected chi connectivity index (χ1v) is 11.7. The van der Waals surface area contributed by atoms with Crippen LogP contribution in [0.3, 0.4) is 0 Å². The van der Waals surface area contributed by atoms with Crippen LogP contribution in [-0.2, 0) is 4.79 Å². The lowest BCUT2D eigenvalue weighted by Crippen LogP contribution is -2.23. The highest BCUT2D eigenvalue weighted by atomic mass is 35.5. The van der Waals surface area contributed by atoms with E-state index in [2.05, 4.69) is 10.3 Å². The van der Waals surface area contributed by atoms with Crippen LogP contribution >= 0.6 is 34.7 Å². The van der Waals surface area contributed by atoms with Crippen LogP contribution in [0.5, 0.6) is 0 Å². The van der Waals surface area contributed by atoms with Gasteiger partial charge in [0.1, 0.15) is 5.00 Å². The summed E-state index contributed by atoms with van der Waals surface area (Å²) in [5.41, 5.74) is 7.19. The van der Waals surface area contributed by atoms with Crippen molar-refractivity contribution in [2.45, 2.75) is 12.1 Å². The van der Waals surface area contributed by atoms with Gasteiger partial charge in [-0.15, -0.1) is 11.3 Å². The summed E-state index contributed by atoms with van der Waals surface area (Å²) >= 11 is 8.61. The maximum absolute atomic E-state index is 13.4. The zero-order valence-corrected chi connectivity index (χ0v) is 19.2. The first-order chi connectivity index (χ1) is 15.4. The quantitative estimate of drug-likeness (QED) is 0.314. The number of amides is 2. The van der Waals surface area contributed by atoms with Crippen molar-refractivity contribution in [2.24, 2.45) is 5.73 Å². The minimum Gasteiger partial charge on any atom is -0.366 e. The second-order valence-electron chi connectivity index (χ2n) is 6.80. The van der Waals surface area contributed by atoms with E-state index in [4.69, 9.17) is 17.3 Å². The fraction of sp³-hybridized carbons (Fsp3) is 0.0909. The predicted molar refractivity (Wildman–Crippen MR) is 129 cm³/mol. The Hall–Kier alpha value is -3.14. The molecule has 0 aliphatic rings. The number of carbonyl (C=O) groups is 2. The first kappa shape index (κ1) is 22.1. The van der Waals surface area contributed by atoms with Gasteiger partial charge >= 0.3 is 0 Å². The van der Waals surface area contributed by atoms with Crippen molar-refractivity contribution in [3.05, 3.63) is 80.4 Å². The minimum absolute atomic E-state index is 0.0273. The molecule has 2 heterocycles. The number of anilines is 1. The molecule has 2 aromatic heterocycles. The summed E-state index contributed by atoms with van der Waals surface area (Å²) in [6.07, 6.45) is 0. The summed E-state index contributed by atoms with van der Waals surface area (Å²) in [6, 6.07) is 13.9. The predicted octanol–water partition coefficient (Wildman–Crippen LogP) is 4.24. The van der Waals surface area contributed by atoms with E-state index in [0.29, 0.717) is 31.8 Å². The molecule has 7 nitrogen and oxygen atoms in total. The SMILES string of the molecule is Cc1c(Cl)cccc1-n1c(SCC(=O)Nc2sccc2C(N)=O)nc2ccccc2c1=O. The van der Waals surface area contributed by atoms with Gasteiger partial charge in [-0.05, 0) is 48.2 Å². The summed E-state index contributed by atoms with van der Waals surface area (Å²) in [7, 11) is 0. The molecule has 0 spiro atoms. The van der Waals surface area contributed by atoms with Crippen molar-refractivity contribution in [3.8, 4) is 5.69 Å². The van der Waals surface area contributed by atoms with Gasteiger partial charge in [0.2, 0.25) is 5.91 Å². The lowest BCUT2D eigenvalue weighted by molar-refractivity contribution is -0.113. The van der Waals surface area contributed by atoms with E-state index >= 15 is 0 Å². The van der Waals surface area contributed by atoms with Crippen molar-refractivity contribution < 1.29 is 9.59 Å². The maximum Gasteiger partial charge on any atom is 0.266 e. The number of para-hydroxylation sites is 1. The van der Waals surface area contributed by atoms with Crippen molar-refractivity contribution in [1.29, 1.82) is 0 Å². The lowest BCUT2D eigenvalue weighted by Gasteiger charge is -2.15. The number of primary amides is 1. The normalized spacial score (nSPS) is 10.9. The van der Waals surface area contributed by atoms with Crippen molar-refractivity contribution >= 4 is 62.4 Å². The highest BCUT2D eigenvalue weighted by molar-refractivity contribution is 7.99. The van der Waals surface area contributed by atoms with Gasteiger partial charge in [0.25, 0.3) is 11.5 Å². The Morgan fingerprint density at radius 2 is 1.97 bits per heavy atom. The molecule has 0 unspecified atom stereocenters. The number of nitrogens with zero attached hydrogens (tertiary/aromatic N) is 2. The zero-order chi connectivity index (χ0) is 22.8. The standard InChI is InChI=1S/C22H17ClN4O3S2/c1-12-15(23)6-4-8-17(12)27-21(30)13-5-2-3-7-16(13)25-22(27)32-11-18(28)26-20-14(19(24)29)9-10-31-20/h2-10H,11H2,1H3,(H2,24,29)(H,26,28). The van der Waals surface area contributed by atoms with Crippen molar-refractivity contribution in [3.63, 3.8) is 0 Å². The second kappa shape index (κ2) is 9.15. The van der Waals surface area contributed by atoms with E-state index in [1.807, 2.05) is 6.92 Å². The Morgan fingerprint density at radius 1 is 1.19 bits per heavy atom. The molecule has 3 N–H and O–H groups in total. The van der Waals surface area contributed by atoms with E-state index in [1.165, 1.54) is 15.9 Å². The molecule has 0 radical (unpaired) electrons. The van der Waals surface area contributed by atoms with E-state index < -0.39 is 5.91 Å². The topological polar surface area (TPSA) is 107 Å². The Balaban J connectivity index is 1.71. The Kier molecular flexibility index (Phi) is 6.31. The molecule has 10 heteroatoms. The average molecular weight is 485 g/mol. The van der Waals surface area contributed by atoms with Gasteiger partial charge in [0.05, 0.1) is 27.9 Å². The van der Waals surface area contributed by atoms with E-state index in [9.17, 15) is 14.4 Å². The summed E-state index contributed by atoms with van der Waals surface area (Å²) in [4.78, 5) is 42.0. The monoisotopic (exact) mass is 484 g/mol. The Bertz CT molecular complexity index is 1410. The molecule has 2 aromatic carbocycles. The van der Waals surface area contributed by atoms with E-state index in [0.717, 1.165) is 17.3 Å². The summed E-state index contributed by atoms with van der Waals surface area (Å²) < 4.78 is 1.47. The number of nitrogens with two attached hydrogens (primary N) is 1. The molecule has 4 aromatic rings. The third-order valence-corrected chi connectivity index (χ3v) is 6.92. The van der Waals surface area contributed by atoms with Crippen LogP contribution in [0.1, 0.15) is 15.9 Å². The van der Waals surface area contributed by atoms with Crippen molar-refractivity contribution in [2.75, 3.05) is 11.1 Å². The molecule has 0 saturated carbocycles. The molecular formula is C22H17ClN4O3S2. The largest absolute Gasteiger partial charge is 0.366 e. The molecule has 0 saturated heterocycles. The van der Waals surface area contributed by atoms with Crippen LogP contribution in [0.4, 0.5) is 5.00 Å². The molecule has 0 aliphatic carbocycles. The van der Waals surface area contributed by atoms with Crippen molar-refractivity contribution in [1.82, 2.24) is 9.55 Å². The number of halogens is 1. The number of benzene rings is 2. The molecule has 2 amide bonds. The van der Waals surface area contributed by atoms with Crippen LogP contribution in [0.2, 0.25) is 5.02 Å². The number of nitrogens with one attached hydrogen (secondary N) is 1. The number of thioether (sulfide) groups is 1. The van der Waals surface area contributed by atoms with Crippen LogP contribution in [0.15, 0.2) is 63.9 Å². The molecule has 32 heavy (non-hydrogen) atoms. The third-order valence-electron chi connectivity index (χ3n) is 4.74. The highest BCUT2D eigenvalue weighted by Crippen LogP contribution is 2.27. The smallest absolute Gasteiger partial charge is 0.266 e. The summed E-state index contributed by atoms with van der Waals surface area (Å²) in [6.45, 7) is 1.82. The summed E-state index contributed by atoms with van der Waals surface area (Å²) in [5, 5.41) is 6.10. The number of thiophene rings is 1. The number of hydrogen-bond donors (Lipinski definition) is 2. The maximum atomic E-state index is 13.4. The zero-order valence-electron chi connectivity index (χ0n) is 16.8. The van der Waals surface area contributed by atoms with Gasteiger partial charge in [-0.2, -0.15) is 0 Å². The number of hydrogen-bond acceptors (Lipinski definition) is 6. The molecule has 162 valence electrons. The Labute approximate surface area is 196 Å². The van der Waals surface area contributed by atoms with Gasteiger partial charge in [0, 0.05) is 5.02 Å². The fourth-order valence-electron chi connectivity index (χ4n) is 3.15. The number of aromatic nitrogens is 2. The third kappa shape index (κ3) is 4.27. The molecule has 0 bridgehead atoms. The molecular weight excluding hydrogens is 468 g/mol. The number of carbonyl (C=O) groups excluding carboxylic acids is 2. The number of fused-ring (bicyclic) bond motifs is 1. The Morgan fingerprint density at radius 3 is 2.75 bits per heavy atom. The first-order valence-electron chi connectivity index (χ1n) is 9.44. The van der Waals surface area contributed by atoms with Gasteiger partial charge < -0.3 is 11.1 Å². The average Bonchev–Trinajstić information content (AvgIpc) is 3.23. The highest BCUT2D eigenvalue weighted by Gasteiger charge is 2.18. The lowest BCUT2D eigenvalue weighted by atomic mass is 10.2. The van der Waals surface area contributed by atoms with E-state index in [-0.39, 0.29) is 22.8 Å². The molecule has 4 rings (SSSR count). The summed E-state index contributed by atoms with van der Waals surface area (Å²) in [5.74, 6) is -0.993. The van der Waals surface area contributed by atoms with Gasteiger partial charge in [0.15, 0.2) is 5.16 Å². The minimum atomic E-state index is -0.615. The van der Waals surface area contributed by atoms with Gasteiger partial charge in [-0.3, -0.25) is 19.0 Å². The molecule has 0 aliphatic heterocycles. The van der Waals surface area contributed by atoms with E-state index in [1.54, 1.807) is 53.9 Å². The molecule has 0 atom stereocenters. The molecule has 0 fully saturated rings. The van der Waals surface area contributed by atoms with Gasteiger partial charge in [-0.25, -0.2) is 4.98 Å². The fourth-order valence-corrected chi connectivity index (χ4v) is 4.94. The van der Waals surface area contributed by atoms with Gasteiger partial charge in [-0.1, -0.05) is 41.6 Å². The van der Waals surface area contributed by atoms with Crippen LogP contribution < -0.4 is 16.6 Å². The van der Waals surface area contributed by atoms with Crippen LogP contribution in [0.25, 0.3) is 16.6 Å². The van der Waals surface area contributed by atoms with Crippen LogP contribution in [-0.4, -0.2) is 27.1 Å². The number of rotatable bonds is 6. The van der Waals surface area contributed by atoms with Crippen LogP contribution in [0, 0.1) is 6.92 Å².